The van der Waals surface area contributed by atoms with E-state index in [1.165, 1.54) is 40.6 Å². The first kappa shape index (κ1) is 21.1. The lowest BCUT2D eigenvalue weighted by atomic mass is 9.91. The summed E-state index contributed by atoms with van der Waals surface area (Å²) in [5, 5.41) is 20.4. The van der Waals surface area contributed by atoms with Crippen LogP contribution in [0, 0.1) is 0 Å². The lowest BCUT2D eigenvalue weighted by molar-refractivity contribution is -0.140. The normalized spacial score (nSPS) is 11.7. The Morgan fingerprint density at radius 1 is 1.04 bits per heavy atom. The van der Waals surface area contributed by atoms with Crippen LogP contribution in [0.15, 0.2) is 27.4 Å². The van der Waals surface area contributed by atoms with Gasteiger partial charge in [-0.25, -0.2) is 0 Å². The van der Waals surface area contributed by atoms with E-state index in [1.54, 1.807) is 0 Å². The van der Waals surface area contributed by atoms with E-state index in [9.17, 15) is 19.8 Å². The van der Waals surface area contributed by atoms with Gasteiger partial charge in [-0.15, -0.1) is 0 Å². The summed E-state index contributed by atoms with van der Waals surface area (Å²) in [6.07, 6.45) is -0.249. The Bertz CT molecular complexity index is 876. The number of aromatic hydroxyl groups is 2. The summed E-state index contributed by atoms with van der Waals surface area (Å²) in [5.41, 5.74) is -0.286. The van der Waals surface area contributed by atoms with Crippen molar-refractivity contribution in [3.63, 3.8) is 0 Å². The predicted molar refractivity (Wildman–Crippen MR) is 97.0 cm³/mol. The van der Waals surface area contributed by atoms with Crippen LogP contribution in [0.2, 0.25) is 0 Å². The fraction of sp³-hybridized carbons (Fsp3) is 0.368. The fourth-order valence-electron chi connectivity index (χ4n) is 2.73. The van der Waals surface area contributed by atoms with Gasteiger partial charge in [-0.1, -0.05) is 0 Å². The van der Waals surface area contributed by atoms with Gasteiger partial charge in [-0.05, 0) is 17.7 Å². The first-order valence-electron chi connectivity index (χ1n) is 8.22. The highest BCUT2D eigenvalue weighted by atomic mass is 16.5. The molecule has 0 unspecified atom stereocenters. The fourth-order valence-corrected chi connectivity index (χ4v) is 2.73. The number of phenols is 1. The second kappa shape index (κ2) is 9.14. The number of rotatable bonds is 8. The molecule has 2 rings (SSSR count). The zero-order chi connectivity index (χ0) is 20.8. The molecular weight excluding hydrogens is 372 g/mol. The number of esters is 1. The van der Waals surface area contributed by atoms with E-state index in [0.717, 1.165) is 6.07 Å². The van der Waals surface area contributed by atoms with Crippen LogP contribution in [-0.2, 0) is 20.9 Å². The van der Waals surface area contributed by atoms with E-state index in [0.29, 0.717) is 5.56 Å². The van der Waals surface area contributed by atoms with Crippen LogP contribution >= 0.6 is 0 Å². The van der Waals surface area contributed by atoms with Gasteiger partial charge < -0.3 is 33.6 Å². The topological polar surface area (TPSA) is 125 Å². The molecule has 28 heavy (non-hydrogen) atoms. The Kier molecular flexibility index (Phi) is 6.89. The second-order valence-electron chi connectivity index (χ2n) is 5.83. The number of methoxy groups -OCH3 is 4. The molecule has 0 radical (unpaired) electrons. The number of hydrogen-bond acceptors (Lipinski definition) is 9. The average Bonchev–Trinajstić information content (AvgIpc) is 2.69. The smallest absolute Gasteiger partial charge is 0.306 e. The molecule has 0 spiro atoms. The largest absolute Gasteiger partial charge is 0.502 e. The quantitative estimate of drug-likeness (QED) is 0.646. The molecule has 152 valence electrons. The number of carbonyl (C=O) groups is 1. The summed E-state index contributed by atoms with van der Waals surface area (Å²) >= 11 is 0. The van der Waals surface area contributed by atoms with Crippen molar-refractivity contribution < 1.29 is 38.4 Å². The molecule has 2 aromatic rings. The zero-order valence-corrected chi connectivity index (χ0v) is 16.0. The van der Waals surface area contributed by atoms with Gasteiger partial charge in [-0.2, -0.15) is 0 Å². The minimum absolute atomic E-state index is 0.00428. The molecule has 0 saturated carbocycles. The highest BCUT2D eigenvalue weighted by molar-refractivity contribution is 5.71. The minimum Gasteiger partial charge on any atom is -0.502 e. The summed E-state index contributed by atoms with van der Waals surface area (Å²) in [6, 6.07) is 4.01. The summed E-state index contributed by atoms with van der Waals surface area (Å²) in [6.45, 7) is -0.00428. The molecule has 0 aliphatic rings. The van der Waals surface area contributed by atoms with Gasteiger partial charge in [0.15, 0.2) is 17.3 Å². The van der Waals surface area contributed by atoms with E-state index in [-0.39, 0.29) is 41.8 Å². The molecule has 1 aromatic carbocycles. The first-order chi connectivity index (χ1) is 13.4. The van der Waals surface area contributed by atoms with E-state index in [4.69, 9.17) is 23.4 Å². The Balaban J connectivity index is 2.71. The minimum atomic E-state index is -0.916. The Labute approximate surface area is 161 Å². The van der Waals surface area contributed by atoms with Crippen LogP contribution in [0.1, 0.15) is 29.4 Å². The van der Waals surface area contributed by atoms with Gasteiger partial charge in [0.2, 0.25) is 16.9 Å². The Morgan fingerprint density at radius 3 is 2.14 bits per heavy atom. The van der Waals surface area contributed by atoms with E-state index < -0.39 is 23.1 Å². The number of benzene rings is 1. The van der Waals surface area contributed by atoms with Gasteiger partial charge >= 0.3 is 5.97 Å². The molecule has 0 fully saturated rings. The molecule has 1 atom stereocenters. The van der Waals surface area contributed by atoms with Crippen molar-refractivity contribution in [1.29, 1.82) is 0 Å². The van der Waals surface area contributed by atoms with Crippen molar-refractivity contribution in [2.24, 2.45) is 0 Å². The molecule has 9 nitrogen and oxygen atoms in total. The monoisotopic (exact) mass is 394 g/mol. The molecule has 0 aliphatic carbocycles. The third-order valence-corrected chi connectivity index (χ3v) is 4.11. The van der Waals surface area contributed by atoms with E-state index >= 15 is 0 Å². The molecule has 0 bridgehead atoms. The summed E-state index contributed by atoms with van der Waals surface area (Å²) in [7, 11) is 5.34. The van der Waals surface area contributed by atoms with Crippen LogP contribution in [0.4, 0.5) is 0 Å². The van der Waals surface area contributed by atoms with Crippen molar-refractivity contribution in [3.05, 3.63) is 45.5 Å². The van der Waals surface area contributed by atoms with Gasteiger partial charge in [0, 0.05) is 13.2 Å². The molecule has 2 N–H and O–H groups in total. The van der Waals surface area contributed by atoms with Crippen molar-refractivity contribution in [1.82, 2.24) is 0 Å². The molecule has 0 amide bonds. The van der Waals surface area contributed by atoms with Crippen LogP contribution < -0.4 is 14.9 Å². The van der Waals surface area contributed by atoms with Crippen molar-refractivity contribution in [2.75, 3.05) is 28.4 Å². The maximum absolute atomic E-state index is 12.2. The van der Waals surface area contributed by atoms with E-state index in [1.807, 2.05) is 0 Å². The molecule has 1 heterocycles. The second-order valence-corrected chi connectivity index (χ2v) is 5.83. The van der Waals surface area contributed by atoms with Gasteiger partial charge in [0.05, 0.1) is 33.7 Å². The number of carbonyl (C=O) groups excluding carboxylic acids is 1. The maximum atomic E-state index is 12.2. The summed E-state index contributed by atoms with van der Waals surface area (Å²) < 4.78 is 25.6. The van der Waals surface area contributed by atoms with Crippen molar-refractivity contribution in [3.8, 4) is 23.0 Å². The van der Waals surface area contributed by atoms with E-state index in [2.05, 4.69) is 0 Å². The van der Waals surface area contributed by atoms with Crippen LogP contribution in [0.25, 0.3) is 0 Å². The number of phenolic OH excluding ortho intramolecular Hbond substituents is 1. The van der Waals surface area contributed by atoms with Crippen molar-refractivity contribution >= 4 is 5.97 Å². The highest BCUT2D eigenvalue weighted by Gasteiger charge is 2.28. The molecule has 1 aromatic heterocycles. The third kappa shape index (κ3) is 4.37. The van der Waals surface area contributed by atoms with Crippen LogP contribution in [0.3, 0.4) is 0 Å². The summed E-state index contributed by atoms with van der Waals surface area (Å²) in [5.74, 6) is -2.19. The highest BCUT2D eigenvalue weighted by Crippen LogP contribution is 2.42. The third-order valence-electron chi connectivity index (χ3n) is 4.11. The van der Waals surface area contributed by atoms with Crippen molar-refractivity contribution in [2.45, 2.75) is 18.9 Å². The number of ether oxygens (including phenoxy) is 4. The zero-order valence-electron chi connectivity index (χ0n) is 16.0. The summed E-state index contributed by atoms with van der Waals surface area (Å²) in [4.78, 5) is 24.1. The number of hydrogen-bond donors (Lipinski definition) is 2. The van der Waals surface area contributed by atoms with Crippen LogP contribution in [-0.4, -0.2) is 44.6 Å². The molecule has 9 heteroatoms. The van der Waals surface area contributed by atoms with Gasteiger partial charge in [0.1, 0.15) is 12.4 Å². The predicted octanol–water partition coefficient (Wildman–Crippen LogP) is 1.91. The lowest BCUT2D eigenvalue weighted by Crippen LogP contribution is -2.14. The maximum Gasteiger partial charge on any atom is 0.306 e. The Hall–Kier alpha value is -3.20. The molecule has 0 saturated heterocycles. The van der Waals surface area contributed by atoms with Crippen LogP contribution in [0.5, 0.6) is 23.0 Å². The molecular formula is C19H22O9. The van der Waals surface area contributed by atoms with Gasteiger partial charge in [-0.3, -0.25) is 9.59 Å². The van der Waals surface area contributed by atoms with Gasteiger partial charge in [0.25, 0.3) is 0 Å². The standard InChI is InChI=1S/C19H22O9/c1-24-9-11-7-13(20)17(22)19(28-11)12(8-16(21)27-4)10-5-14(25-2)18(23)15(6-10)26-3/h5-7,12,22-23H,8-9H2,1-4H3/t12-/m0/s1. The average molecular weight is 394 g/mol. The lowest BCUT2D eigenvalue weighted by Gasteiger charge is -2.19. The SMILES string of the molecule is COCc1cc(=O)c(O)c([C@@H](CC(=O)OC)c2cc(OC)c(O)c(OC)c2)o1. The Morgan fingerprint density at radius 2 is 1.64 bits per heavy atom. The molecule has 0 aliphatic heterocycles. The first-order valence-corrected chi connectivity index (χ1v) is 8.22.